The fourth-order valence-corrected chi connectivity index (χ4v) is 3.89. The second-order valence-corrected chi connectivity index (χ2v) is 7.82. The van der Waals surface area contributed by atoms with E-state index < -0.39 is 0 Å². The standard InChI is InChI=1S/C17H24Cl2O/c1-11-4-6-13(16(20)8-11)17(2,3)10-12-5-7-14(18)15(19)9-12/h5,7,9,11,13,16,20H,4,6,8,10H2,1-3H3. The van der Waals surface area contributed by atoms with Gasteiger partial charge in [0.05, 0.1) is 16.1 Å². The average molecular weight is 315 g/mol. The monoisotopic (exact) mass is 314 g/mol. The van der Waals surface area contributed by atoms with Gasteiger partial charge in [-0.2, -0.15) is 0 Å². The highest BCUT2D eigenvalue weighted by molar-refractivity contribution is 6.42. The van der Waals surface area contributed by atoms with Gasteiger partial charge >= 0.3 is 0 Å². The van der Waals surface area contributed by atoms with E-state index in [9.17, 15) is 5.11 Å². The summed E-state index contributed by atoms with van der Waals surface area (Å²) in [6.07, 6.45) is 3.98. The average Bonchev–Trinajstić information content (AvgIpc) is 2.33. The van der Waals surface area contributed by atoms with Crippen LogP contribution in [0.4, 0.5) is 0 Å². The second kappa shape index (κ2) is 6.25. The predicted octanol–water partition coefficient (Wildman–Crippen LogP) is 5.36. The molecule has 1 aliphatic carbocycles. The molecule has 1 N–H and O–H groups in total. The van der Waals surface area contributed by atoms with Gasteiger partial charge in [0, 0.05) is 0 Å². The molecule has 1 aliphatic rings. The van der Waals surface area contributed by atoms with Gasteiger partial charge in [0.25, 0.3) is 0 Å². The lowest BCUT2D eigenvalue weighted by Gasteiger charge is -2.42. The van der Waals surface area contributed by atoms with E-state index in [0.29, 0.717) is 21.9 Å². The van der Waals surface area contributed by atoms with Gasteiger partial charge in [-0.05, 0) is 54.2 Å². The first-order valence-electron chi connectivity index (χ1n) is 7.41. The van der Waals surface area contributed by atoms with Crippen molar-refractivity contribution in [3.8, 4) is 0 Å². The van der Waals surface area contributed by atoms with E-state index >= 15 is 0 Å². The first kappa shape index (κ1) is 16.1. The molecule has 3 atom stereocenters. The van der Waals surface area contributed by atoms with Crippen LogP contribution in [0.1, 0.15) is 45.6 Å². The second-order valence-electron chi connectivity index (χ2n) is 7.01. The van der Waals surface area contributed by atoms with E-state index in [4.69, 9.17) is 23.2 Å². The van der Waals surface area contributed by atoms with E-state index in [1.54, 1.807) is 0 Å². The van der Waals surface area contributed by atoms with Gasteiger partial charge < -0.3 is 5.11 Å². The summed E-state index contributed by atoms with van der Waals surface area (Å²) in [4.78, 5) is 0. The zero-order valence-corrected chi connectivity index (χ0v) is 14.0. The SMILES string of the molecule is CC1CCC(C(C)(C)Cc2ccc(Cl)c(Cl)c2)C(O)C1. The number of hydrogen-bond donors (Lipinski definition) is 1. The Balaban J connectivity index is 2.11. The molecule has 1 nitrogen and oxygen atoms in total. The van der Waals surface area contributed by atoms with Crippen molar-refractivity contribution in [2.45, 2.75) is 52.6 Å². The third kappa shape index (κ3) is 3.69. The summed E-state index contributed by atoms with van der Waals surface area (Å²) in [6.45, 7) is 6.73. The van der Waals surface area contributed by atoms with Gasteiger partial charge in [0.15, 0.2) is 0 Å². The molecule has 1 aromatic rings. The maximum atomic E-state index is 10.4. The molecule has 3 heteroatoms. The van der Waals surface area contributed by atoms with Crippen LogP contribution in [0.3, 0.4) is 0 Å². The normalized spacial score (nSPS) is 27.6. The van der Waals surface area contributed by atoms with E-state index in [1.165, 1.54) is 12.0 Å². The lowest BCUT2D eigenvalue weighted by Crippen LogP contribution is -2.39. The highest BCUT2D eigenvalue weighted by Gasteiger charge is 2.38. The number of aliphatic hydroxyl groups is 1. The van der Waals surface area contributed by atoms with Crippen LogP contribution >= 0.6 is 23.2 Å². The van der Waals surface area contributed by atoms with Crippen LogP contribution in [0, 0.1) is 17.3 Å². The zero-order chi connectivity index (χ0) is 14.9. The van der Waals surface area contributed by atoms with Gasteiger partial charge in [-0.3, -0.25) is 0 Å². The van der Waals surface area contributed by atoms with Crippen LogP contribution in [0.2, 0.25) is 10.0 Å². The largest absolute Gasteiger partial charge is 0.393 e. The molecule has 112 valence electrons. The Morgan fingerprint density at radius 3 is 2.50 bits per heavy atom. The summed E-state index contributed by atoms with van der Waals surface area (Å²) < 4.78 is 0. The van der Waals surface area contributed by atoms with Gasteiger partial charge in [0.1, 0.15) is 0 Å². The Labute approximate surface area is 132 Å². The Hall–Kier alpha value is -0.240. The molecule has 1 saturated carbocycles. The van der Waals surface area contributed by atoms with Crippen LogP contribution in [0.25, 0.3) is 0 Å². The van der Waals surface area contributed by atoms with Crippen molar-refractivity contribution in [1.82, 2.24) is 0 Å². The topological polar surface area (TPSA) is 20.2 Å². The van der Waals surface area contributed by atoms with Crippen molar-refractivity contribution in [3.63, 3.8) is 0 Å². The molecular weight excluding hydrogens is 291 g/mol. The van der Waals surface area contributed by atoms with E-state index in [1.807, 2.05) is 18.2 Å². The Morgan fingerprint density at radius 1 is 1.20 bits per heavy atom. The van der Waals surface area contributed by atoms with Gasteiger partial charge in [0.2, 0.25) is 0 Å². The fraction of sp³-hybridized carbons (Fsp3) is 0.647. The molecule has 0 heterocycles. The van der Waals surface area contributed by atoms with Gasteiger partial charge in [-0.1, -0.05) is 56.5 Å². The third-order valence-electron chi connectivity index (χ3n) is 4.73. The Morgan fingerprint density at radius 2 is 1.90 bits per heavy atom. The fourth-order valence-electron chi connectivity index (χ4n) is 3.57. The molecule has 0 aromatic heterocycles. The maximum absolute atomic E-state index is 10.4. The maximum Gasteiger partial charge on any atom is 0.0595 e. The minimum absolute atomic E-state index is 0.0662. The van der Waals surface area contributed by atoms with Gasteiger partial charge in [-0.25, -0.2) is 0 Å². The summed E-state index contributed by atoms with van der Waals surface area (Å²) >= 11 is 12.1. The summed E-state index contributed by atoms with van der Waals surface area (Å²) in [5.74, 6) is 0.996. The third-order valence-corrected chi connectivity index (χ3v) is 5.47. The molecule has 20 heavy (non-hydrogen) atoms. The number of halogens is 2. The van der Waals surface area contributed by atoms with Crippen molar-refractivity contribution in [3.05, 3.63) is 33.8 Å². The minimum Gasteiger partial charge on any atom is -0.393 e. The molecule has 2 rings (SSSR count). The summed E-state index contributed by atoms with van der Waals surface area (Å²) in [6, 6.07) is 5.84. The van der Waals surface area contributed by atoms with Crippen LogP contribution < -0.4 is 0 Å². The Bertz CT molecular complexity index is 470. The van der Waals surface area contributed by atoms with Gasteiger partial charge in [-0.15, -0.1) is 0 Å². The number of aliphatic hydroxyl groups excluding tert-OH is 1. The summed E-state index contributed by atoms with van der Waals surface area (Å²) in [5.41, 5.74) is 1.26. The highest BCUT2D eigenvalue weighted by Crippen LogP contribution is 2.42. The molecule has 3 unspecified atom stereocenters. The van der Waals surface area contributed by atoms with Crippen molar-refractivity contribution in [2.75, 3.05) is 0 Å². The van der Waals surface area contributed by atoms with Crippen LogP contribution in [-0.4, -0.2) is 11.2 Å². The first-order valence-corrected chi connectivity index (χ1v) is 8.17. The molecule has 0 spiro atoms. The van der Waals surface area contributed by atoms with Crippen molar-refractivity contribution < 1.29 is 5.11 Å². The molecule has 0 radical (unpaired) electrons. The lowest BCUT2D eigenvalue weighted by molar-refractivity contribution is -0.0125. The lowest BCUT2D eigenvalue weighted by atomic mass is 9.65. The summed E-state index contributed by atoms with van der Waals surface area (Å²) in [5, 5.41) is 11.6. The first-order chi connectivity index (χ1) is 9.29. The number of hydrogen-bond acceptors (Lipinski definition) is 1. The quantitative estimate of drug-likeness (QED) is 0.796. The van der Waals surface area contributed by atoms with E-state index in [2.05, 4.69) is 20.8 Å². The molecule has 0 saturated heterocycles. The smallest absolute Gasteiger partial charge is 0.0595 e. The Kier molecular flexibility index (Phi) is 5.05. The number of benzene rings is 1. The number of rotatable bonds is 3. The highest BCUT2D eigenvalue weighted by atomic mass is 35.5. The van der Waals surface area contributed by atoms with E-state index in [0.717, 1.165) is 19.3 Å². The van der Waals surface area contributed by atoms with E-state index in [-0.39, 0.29) is 11.5 Å². The van der Waals surface area contributed by atoms with Crippen LogP contribution in [0.15, 0.2) is 18.2 Å². The van der Waals surface area contributed by atoms with Crippen molar-refractivity contribution in [2.24, 2.45) is 17.3 Å². The molecule has 1 aromatic carbocycles. The minimum atomic E-state index is -0.184. The van der Waals surface area contributed by atoms with Crippen LogP contribution in [0.5, 0.6) is 0 Å². The molecule has 0 aliphatic heterocycles. The zero-order valence-electron chi connectivity index (χ0n) is 12.5. The molecule has 0 amide bonds. The van der Waals surface area contributed by atoms with Crippen molar-refractivity contribution >= 4 is 23.2 Å². The molecule has 1 fully saturated rings. The summed E-state index contributed by atoms with van der Waals surface area (Å²) in [7, 11) is 0. The van der Waals surface area contributed by atoms with Crippen LogP contribution in [-0.2, 0) is 6.42 Å². The molecule has 0 bridgehead atoms. The predicted molar refractivity (Wildman–Crippen MR) is 86.5 cm³/mol. The molecular formula is C17H24Cl2O. The van der Waals surface area contributed by atoms with Crippen molar-refractivity contribution in [1.29, 1.82) is 0 Å².